The molecule has 0 amide bonds. The van der Waals surface area contributed by atoms with E-state index in [9.17, 15) is 0 Å². The fourth-order valence-corrected chi connectivity index (χ4v) is 2.52. The smallest absolute Gasteiger partial charge is 0.220 e. The minimum Gasteiger partial charge on any atom is -0.437 e. The van der Waals surface area contributed by atoms with Gasteiger partial charge in [0.2, 0.25) is 5.89 Å². The van der Waals surface area contributed by atoms with E-state index in [0.29, 0.717) is 10.9 Å². The second-order valence-electron chi connectivity index (χ2n) is 4.95. The van der Waals surface area contributed by atoms with Gasteiger partial charge in [0.25, 0.3) is 0 Å². The molecular weight excluding hydrogens is 296 g/mol. The Morgan fingerprint density at radius 3 is 2.86 bits per heavy atom. The van der Waals surface area contributed by atoms with Crippen LogP contribution in [0.2, 0.25) is 5.02 Å². The molecule has 0 bridgehead atoms. The van der Waals surface area contributed by atoms with Crippen molar-refractivity contribution in [2.45, 2.75) is 0 Å². The van der Waals surface area contributed by atoms with Crippen molar-refractivity contribution < 1.29 is 4.42 Å². The average molecular weight is 307 g/mol. The van der Waals surface area contributed by atoms with Crippen molar-refractivity contribution in [1.29, 1.82) is 0 Å². The van der Waals surface area contributed by atoms with Crippen molar-refractivity contribution in [3.63, 3.8) is 0 Å². The first-order valence-corrected chi connectivity index (χ1v) is 7.25. The number of rotatable bonds is 2. The molecule has 0 fully saturated rings. The van der Waals surface area contributed by atoms with Crippen molar-refractivity contribution in [1.82, 2.24) is 9.97 Å². The topological polar surface area (TPSA) is 38.9 Å². The van der Waals surface area contributed by atoms with Gasteiger partial charge in [-0.15, -0.1) is 0 Å². The predicted molar refractivity (Wildman–Crippen MR) is 89.7 cm³/mol. The molecule has 0 radical (unpaired) electrons. The van der Waals surface area contributed by atoms with E-state index in [1.807, 2.05) is 42.5 Å². The summed E-state index contributed by atoms with van der Waals surface area (Å²) in [5, 5.41) is 1.76. The SMILES string of the molecule is Clc1ccc2oc(/C=C/c3ccc4ncccc4c3)nc2c1. The molecule has 0 aliphatic carbocycles. The fourth-order valence-electron chi connectivity index (χ4n) is 2.35. The van der Waals surface area contributed by atoms with Crippen LogP contribution in [0.5, 0.6) is 0 Å². The molecule has 0 saturated heterocycles. The van der Waals surface area contributed by atoms with Crippen LogP contribution < -0.4 is 0 Å². The van der Waals surface area contributed by atoms with Crippen molar-refractivity contribution in [3.8, 4) is 0 Å². The van der Waals surface area contributed by atoms with Gasteiger partial charge in [0, 0.05) is 22.7 Å². The normalized spacial score (nSPS) is 11.7. The van der Waals surface area contributed by atoms with Gasteiger partial charge in [-0.2, -0.15) is 0 Å². The second kappa shape index (κ2) is 5.28. The third-order valence-corrected chi connectivity index (χ3v) is 3.65. The highest BCUT2D eigenvalue weighted by Crippen LogP contribution is 2.21. The molecule has 4 rings (SSSR count). The summed E-state index contributed by atoms with van der Waals surface area (Å²) in [6.07, 6.45) is 5.62. The Bertz CT molecular complexity index is 1000. The number of pyridine rings is 1. The number of aromatic nitrogens is 2. The van der Waals surface area contributed by atoms with Gasteiger partial charge >= 0.3 is 0 Å². The largest absolute Gasteiger partial charge is 0.437 e. The fraction of sp³-hybridized carbons (Fsp3) is 0. The van der Waals surface area contributed by atoms with Crippen LogP contribution >= 0.6 is 11.6 Å². The Morgan fingerprint density at radius 1 is 0.955 bits per heavy atom. The first kappa shape index (κ1) is 13.0. The van der Waals surface area contributed by atoms with Gasteiger partial charge in [0.05, 0.1) is 5.52 Å². The van der Waals surface area contributed by atoms with Crippen LogP contribution in [0.15, 0.2) is 59.1 Å². The molecule has 22 heavy (non-hydrogen) atoms. The third-order valence-electron chi connectivity index (χ3n) is 3.41. The monoisotopic (exact) mass is 306 g/mol. The highest BCUT2D eigenvalue weighted by Gasteiger charge is 2.03. The van der Waals surface area contributed by atoms with Gasteiger partial charge in [-0.3, -0.25) is 4.98 Å². The van der Waals surface area contributed by atoms with Crippen LogP contribution in [0.4, 0.5) is 0 Å². The highest BCUT2D eigenvalue weighted by molar-refractivity contribution is 6.31. The second-order valence-corrected chi connectivity index (χ2v) is 5.39. The summed E-state index contributed by atoms with van der Waals surface area (Å²) in [5.41, 5.74) is 3.54. The van der Waals surface area contributed by atoms with Gasteiger partial charge in [0.15, 0.2) is 5.58 Å². The van der Waals surface area contributed by atoms with Crippen molar-refractivity contribution in [2.75, 3.05) is 0 Å². The molecule has 106 valence electrons. The Balaban J connectivity index is 1.68. The summed E-state index contributed by atoms with van der Waals surface area (Å²) in [6.45, 7) is 0. The standard InChI is InChI=1S/C18H11ClN2O/c19-14-5-7-17-16(11-14)21-18(22-17)8-4-12-3-6-15-13(10-12)2-1-9-20-15/h1-11H/b8-4+. The third kappa shape index (κ3) is 2.47. The van der Waals surface area contributed by atoms with Gasteiger partial charge in [-0.05, 0) is 48.0 Å². The Hall–Kier alpha value is -2.65. The molecule has 0 aliphatic heterocycles. The predicted octanol–water partition coefficient (Wildman–Crippen LogP) is 5.20. The molecule has 0 spiro atoms. The number of benzene rings is 2. The lowest BCUT2D eigenvalue weighted by Crippen LogP contribution is -1.78. The number of hydrogen-bond donors (Lipinski definition) is 0. The van der Waals surface area contributed by atoms with Crippen LogP contribution in [0, 0.1) is 0 Å². The molecular formula is C18H11ClN2O. The van der Waals surface area contributed by atoms with Crippen molar-refractivity contribution in [3.05, 3.63) is 71.2 Å². The molecule has 4 heteroatoms. The van der Waals surface area contributed by atoms with E-state index in [0.717, 1.165) is 27.6 Å². The van der Waals surface area contributed by atoms with Gasteiger partial charge < -0.3 is 4.42 Å². The van der Waals surface area contributed by atoms with E-state index in [-0.39, 0.29) is 0 Å². The van der Waals surface area contributed by atoms with E-state index in [1.165, 1.54) is 0 Å². The Kier molecular flexibility index (Phi) is 3.13. The maximum absolute atomic E-state index is 5.95. The van der Waals surface area contributed by atoms with E-state index in [1.54, 1.807) is 18.3 Å². The minimum atomic E-state index is 0.559. The molecule has 0 atom stereocenters. The maximum Gasteiger partial charge on any atom is 0.220 e. The van der Waals surface area contributed by atoms with Crippen LogP contribution in [0.3, 0.4) is 0 Å². The average Bonchev–Trinajstić information content (AvgIpc) is 2.94. The molecule has 2 heterocycles. The summed E-state index contributed by atoms with van der Waals surface area (Å²) in [6, 6.07) is 15.5. The molecule has 0 unspecified atom stereocenters. The molecule has 3 nitrogen and oxygen atoms in total. The summed E-state index contributed by atoms with van der Waals surface area (Å²) in [7, 11) is 0. The van der Waals surface area contributed by atoms with E-state index in [4.69, 9.17) is 16.0 Å². The lowest BCUT2D eigenvalue weighted by Gasteiger charge is -1.97. The number of oxazole rings is 1. The number of fused-ring (bicyclic) bond motifs is 2. The van der Waals surface area contributed by atoms with Crippen molar-refractivity contribution >= 4 is 45.8 Å². The molecule has 0 N–H and O–H groups in total. The van der Waals surface area contributed by atoms with Crippen LogP contribution in [-0.4, -0.2) is 9.97 Å². The zero-order valence-electron chi connectivity index (χ0n) is 11.5. The first-order valence-electron chi connectivity index (χ1n) is 6.87. The summed E-state index contributed by atoms with van der Waals surface area (Å²) < 4.78 is 5.66. The van der Waals surface area contributed by atoms with E-state index >= 15 is 0 Å². The Labute approximate surface area is 131 Å². The van der Waals surface area contributed by atoms with Crippen LogP contribution in [0.25, 0.3) is 34.2 Å². The van der Waals surface area contributed by atoms with E-state index < -0.39 is 0 Å². The zero-order valence-corrected chi connectivity index (χ0v) is 12.3. The number of nitrogens with zero attached hydrogens (tertiary/aromatic N) is 2. The quantitative estimate of drug-likeness (QED) is 0.511. The maximum atomic E-state index is 5.95. The van der Waals surface area contributed by atoms with Gasteiger partial charge in [0.1, 0.15) is 5.52 Å². The molecule has 0 aliphatic rings. The van der Waals surface area contributed by atoms with Gasteiger partial charge in [-0.1, -0.05) is 23.7 Å². The summed E-state index contributed by atoms with van der Waals surface area (Å²) in [5.74, 6) is 0.559. The van der Waals surface area contributed by atoms with Crippen LogP contribution in [0.1, 0.15) is 11.5 Å². The molecule has 2 aromatic heterocycles. The minimum absolute atomic E-state index is 0.559. The molecule has 2 aromatic carbocycles. The molecule has 4 aromatic rings. The highest BCUT2D eigenvalue weighted by atomic mass is 35.5. The van der Waals surface area contributed by atoms with Crippen molar-refractivity contribution in [2.24, 2.45) is 0 Å². The zero-order chi connectivity index (χ0) is 14.9. The van der Waals surface area contributed by atoms with Gasteiger partial charge in [-0.25, -0.2) is 4.98 Å². The lowest BCUT2D eigenvalue weighted by atomic mass is 10.1. The lowest BCUT2D eigenvalue weighted by molar-refractivity contribution is 0.590. The summed E-state index contributed by atoms with van der Waals surface area (Å²) >= 11 is 5.95. The number of hydrogen-bond acceptors (Lipinski definition) is 3. The summed E-state index contributed by atoms with van der Waals surface area (Å²) in [4.78, 5) is 8.71. The van der Waals surface area contributed by atoms with Crippen LogP contribution in [-0.2, 0) is 0 Å². The number of halogens is 1. The molecule has 0 saturated carbocycles. The Morgan fingerprint density at radius 2 is 1.91 bits per heavy atom. The first-order chi connectivity index (χ1) is 10.8. The van der Waals surface area contributed by atoms with E-state index in [2.05, 4.69) is 16.0 Å².